The van der Waals surface area contributed by atoms with E-state index in [4.69, 9.17) is 0 Å². The maximum atomic E-state index is 11.6. The summed E-state index contributed by atoms with van der Waals surface area (Å²) < 4.78 is 0.193. The number of aryl methyl sites for hydroxylation is 1. The second-order valence-electron chi connectivity index (χ2n) is 4.52. The van der Waals surface area contributed by atoms with E-state index in [0.29, 0.717) is 18.0 Å². The molecule has 0 radical (unpaired) electrons. The highest BCUT2D eigenvalue weighted by molar-refractivity contribution is 8.01. The van der Waals surface area contributed by atoms with Crippen molar-refractivity contribution in [2.45, 2.75) is 38.4 Å². The Labute approximate surface area is 100 Å². The second-order valence-corrected chi connectivity index (χ2v) is 7.35. The molecule has 0 amide bonds. The predicted octanol–water partition coefficient (Wildman–Crippen LogP) is 3.78. The van der Waals surface area contributed by atoms with Gasteiger partial charge in [-0.05, 0) is 17.9 Å². The lowest BCUT2D eigenvalue weighted by atomic mass is 10.2. The Hall–Kier alpha value is -0.280. The first-order valence-electron chi connectivity index (χ1n) is 5.15. The van der Waals surface area contributed by atoms with Crippen molar-refractivity contribution in [3.05, 3.63) is 22.4 Å². The van der Waals surface area contributed by atoms with Crippen LogP contribution in [0.15, 0.2) is 17.5 Å². The molecule has 1 nitrogen and oxygen atoms in total. The molecular weight excluding hydrogens is 224 g/mol. The van der Waals surface area contributed by atoms with Crippen LogP contribution in [0.5, 0.6) is 0 Å². The number of Topliss-reactive ketones (excluding diaryl/α,β-unsaturated/α-hetero) is 1. The topological polar surface area (TPSA) is 17.1 Å². The van der Waals surface area contributed by atoms with Gasteiger partial charge >= 0.3 is 0 Å². The van der Waals surface area contributed by atoms with Crippen LogP contribution in [-0.4, -0.2) is 16.3 Å². The third-order valence-corrected chi connectivity index (χ3v) is 4.17. The maximum Gasteiger partial charge on any atom is 0.143 e. The fourth-order valence-electron chi connectivity index (χ4n) is 1.09. The molecule has 15 heavy (non-hydrogen) atoms. The van der Waals surface area contributed by atoms with Crippen LogP contribution >= 0.6 is 23.1 Å². The molecule has 0 aliphatic carbocycles. The number of carbonyl (C=O) groups excluding carboxylic acids is 1. The molecule has 0 unspecified atom stereocenters. The lowest BCUT2D eigenvalue weighted by Crippen LogP contribution is -2.13. The number of hydrogen-bond acceptors (Lipinski definition) is 3. The molecule has 3 heteroatoms. The van der Waals surface area contributed by atoms with Crippen LogP contribution in [-0.2, 0) is 11.2 Å². The molecule has 0 aliphatic heterocycles. The van der Waals surface area contributed by atoms with Crippen molar-refractivity contribution in [2.75, 3.05) is 5.75 Å². The molecular formula is C12H18OS2. The van der Waals surface area contributed by atoms with Crippen LogP contribution in [0, 0.1) is 0 Å². The number of ketones is 1. The zero-order chi connectivity index (χ0) is 11.3. The third kappa shape index (κ3) is 6.00. The molecule has 1 heterocycles. The van der Waals surface area contributed by atoms with E-state index >= 15 is 0 Å². The summed E-state index contributed by atoms with van der Waals surface area (Å²) in [6.07, 6.45) is 1.59. The number of carbonyl (C=O) groups is 1. The first-order chi connectivity index (χ1) is 6.97. The second kappa shape index (κ2) is 5.71. The first-order valence-corrected chi connectivity index (χ1v) is 7.02. The minimum atomic E-state index is 0.193. The van der Waals surface area contributed by atoms with Gasteiger partial charge in [0.05, 0.1) is 5.75 Å². The van der Waals surface area contributed by atoms with Gasteiger partial charge in [0, 0.05) is 16.0 Å². The highest BCUT2D eigenvalue weighted by Crippen LogP contribution is 2.23. The molecule has 0 aromatic carbocycles. The zero-order valence-corrected chi connectivity index (χ0v) is 11.2. The summed E-state index contributed by atoms with van der Waals surface area (Å²) in [6, 6.07) is 4.13. The Bertz CT molecular complexity index is 296. The molecule has 0 atom stereocenters. The van der Waals surface area contributed by atoms with E-state index in [1.54, 1.807) is 23.1 Å². The minimum Gasteiger partial charge on any atom is -0.299 e. The summed E-state index contributed by atoms with van der Waals surface area (Å²) in [4.78, 5) is 12.9. The first kappa shape index (κ1) is 12.8. The minimum absolute atomic E-state index is 0.193. The Kier molecular flexibility index (Phi) is 4.87. The van der Waals surface area contributed by atoms with E-state index in [0.717, 1.165) is 6.42 Å². The molecule has 1 aromatic rings. The predicted molar refractivity (Wildman–Crippen MR) is 69.9 cm³/mol. The van der Waals surface area contributed by atoms with E-state index < -0.39 is 0 Å². The lowest BCUT2D eigenvalue weighted by Gasteiger charge is -2.16. The fourth-order valence-corrected chi connectivity index (χ4v) is 2.53. The molecule has 1 rings (SSSR count). The molecule has 0 bridgehead atoms. The summed E-state index contributed by atoms with van der Waals surface area (Å²) >= 11 is 3.46. The van der Waals surface area contributed by atoms with Crippen LogP contribution in [0.3, 0.4) is 0 Å². The Morgan fingerprint density at radius 1 is 1.47 bits per heavy atom. The van der Waals surface area contributed by atoms with Gasteiger partial charge in [0.1, 0.15) is 5.78 Å². The van der Waals surface area contributed by atoms with Crippen LogP contribution in [0.25, 0.3) is 0 Å². The monoisotopic (exact) mass is 242 g/mol. The van der Waals surface area contributed by atoms with E-state index in [1.165, 1.54) is 4.88 Å². The largest absolute Gasteiger partial charge is 0.299 e. The lowest BCUT2D eigenvalue weighted by molar-refractivity contribution is -0.116. The summed E-state index contributed by atoms with van der Waals surface area (Å²) in [5, 5.41) is 2.06. The normalized spacial score (nSPS) is 11.7. The van der Waals surface area contributed by atoms with Gasteiger partial charge in [-0.25, -0.2) is 0 Å². The molecule has 0 saturated heterocycles. The molecule has 84 valence electrons. The van der Waals surface area contributed by atoms with Crippen molar-refractivity contribution in [1.29, 1.82) is 0 Å². The van der Waals surface area contributed by atoms with E-state index in [9.17, 15) is 4.79 Å². The van der Waals surface area contributed by atoms with Crippen molar-refractivity contribution in [2.24, 2.45) is 0 Å². The van der Waals surface area contributed by atoms with E-state index in [-0.39, 0.29) is 4.75 Å². The van der Waals surface area contributed by atoms with Crippen LogP contribution in [0.4, 0.5) is 0 Å². The summed E-state index contributed by atoms with van der Waals surface area (Å²) in [6.45, 7) is 6.43. The standard InChI is InChI=1S/C12H18OS2/c1-12(2,3)15-9-10(13)6-7-11-5-4-8-14-11/h4-5,8H,6-7,9H2,1-3H3. The van der Waals surface area contributed by atoms with Gasteiger partial charge in [-0.3, -0.25) is 4.79 Å². The molecule has 0 spiro atoms. The van der Waals surface area contributed by atoms with Gasteiger partial charge < -0.3 is 0 Å². The quantitative estimate of drug-likeness (QED) is 0.781. The molecule has 0 N–H and O–H groups in total. The van der Waals surface area contributed by atoms with E-state index in [1.807, 2.05) is 6.07 Å². The van der Waals surface area contributed by atoms with Crippen molar-refractivity contribution >= 4 is 28.9 Å². The van der Waals surface area contributed by atoms with Crippen molar-refractivity contribution in [3.8, 4) is 0 Å². The van der Waals surface area contributed by atoms with Crippen molar-refractivity contribution in [3.63, 3.8) is 0 Å². The SMILES string of the molecule is CC(C)(C)SCC(=O)CCc1cccs1. The van der Waals surface area contributed by atoms with Crippen LogP contribution in [0.1, 0.15) is 32.1 Å². The Balaban J connectivity index is 2.20. The van der Waals surface area contributed by atoms with Gasteiger partial charge in [-0.2, -0.15) is 0 Å². The fraction of sp³-hybridized carbons (Fsp3) is 0.583. The van der Waals surface area contributed by atoms with Gasteiger partial charge in [-0.1, -0.05) is 26.8 Å². The molecule has 1 aromatic heterocycles. The van der Waals surface area contributed by atoms with Gasteiger partial charge in [0.15, 0.2) is 0 Å². The van der Waals surface area contributed by atoms with E-state index in [2.05, 4.69) is 32.2 Å². The maximum absolute atomic E-state index is 11.6. The van der Waals surface area contributed by atoms with Crippen molar-refractivity contribution in [1.82, 2.24) is 0 Å². The molecule has 0 saturated carbocycles. The number of rotatable bonds is 5. The van der Waals surface area contributed by atoms with Gasteiger partial charge in [0.25, 0.3) is 0 Å². The average molecular weight is 242 g/mol. The number of thiophene rings is 1. The summed E-state index contributed by atoms with van der Waals surface area (Å²) in [7, 11) is 0. The average Bonchev–Trinajstić information content (AvgIpc) is 2.62. The van der Waals surface area contributed by atoms with Crippen LogP contribution < -0.4 is 0 Å². The Morgan fingerprint density at radius 3 is 2.73 bits per heavy atom. The molecule has 0 fully saturated rings. The van der Waals surface area contributed by atoms with Crippen molar-refractivity contribution < 1.29 is 4.79 Å². The highest BCUT2D eigenvalue weighted by Gasteiger charge is 2.13. The smallest absolute Gasteiger partial charge is 0.143 e. The summed E-state index contributed by atoms with van der Waals surface area (Å²) in [5.74, 6) is 1.01. The Morgan fingerprint density at radius 2 is 2.20 bits per heavy atom. The zero-order valence-electron chi connectivity index (χ0n) is 9.58. The highest BCUT2D eigenvalue weighted by atomic mass is 32.2. The van der Waals surface area contributed by atoms with Gasteiger partial charge in [-0.15, -0.1) is 23.1 Å². The summed E-state index contributed by atoms with van der Waals surface area (Å²) in [5.41, 5.74) is 0. The molecule has 0 aliphatic rings. The number of thioether (sulfide) groups is 1. The number of hydrogen-bond donors (Lipinski definition) is 0. The van der Waals surface area contributed by atoms with Crippen LogP contribution in [0.2, 0.25) is 0 Å². The third-order valence-electron chi connectivity index (χ3n) is 1.90. The van der Waals surface area contributed by atoms with Gasteiger partial charge in [0.2, 0.25) is 0 Å².